The molecule has 11 heteroatoms. The van der Waals surface area contributed by atoms with Gasteiger partial charge in [0.2, 0.25) is 0 Å². The fraction of sp³-hybridized carbons (Fsp3) is 0.600. The first-order valence-corrected chi connectivity index (χ1v) is 5.44. The van der Waals surface area contributed by atoms with E-state index in [1.807, 2.05) is 0 Å². The summed E-state index contributed by atoms with van der Waals surface area (Å²) >= 11 is 0. The van der Waals surface area contributed by atoms with Gasteiger partial charge in [-0.15, -0.1) is 0 Å². The second kappa shape index (κ2) is 12.0. The first-order valence-electron chi connectivity index (χ1n) is 5.44. The first-order chi connectivity index (χ1) is 9.20. The first kappa shape index (κ1) is 22.7. The molecule has 0 rings (SSSR count). The molecule has 21 heavy (non-hydrogen) atoms. The summed E-state index contributed by atoms with van der Waals surface area (Å²) in [5, 5.41) is 41.6. The van der Waals surface area contributed by atoms with E-state index in [2.05, 4.69) is 0 Å². The van der Waals surface area contributed by atoms with Gasteiger partial charge in [-0.1, -0.05) is 0 Å². The molecular formula is C10H12KN2O8-3. The molecule has 0 atom stereocenters. The molecule has 0 aromatic carbocycles. The summed E-state index contributed by atoms with van der Waals surface area (Å²) in [6.07, 6.45) is 0. The molecule has 0 heterocycles. The van der Waals surface area contributed by atoms with Gasteiger partial charge in [-0.3, -0.25) is 9.80 Å². The van der Waals surface area contributed by atoms with Crippen LogP contribution in [0.3, 0.4) is 0 Å². The van der Waals surface area contributed by atoms with Gasteiger partial charge in [0, 0.05) is 39.3 Å². The minimum atomic E-state index is -1.53. The van der Waals surface area contributed by atoms with Crippen LogP contribution >= 0.6 is 0 Å². The molecule has 0 aromatic heterocycles. The predicted octanol–water partition coefficient (Wildman–Crippen LogP) is -10.4. The van der Waals surface area contributed by atoms with Crippen LogP contribution in [-0.2, 0) is 19.2 Å². The van der Waals surface area contributed by atoms with E-state index in [0.29, 0.717) is 0 Å². The third kappa shape index (κ3) is 14.1. The number of carbonyl (C=O) groups is 4. The van der Waals surface area contributed by atoms with Crippen molar-refractivity contribution in [2.24, 2.45) is 0 Å². The largest absolute Gasteiger partial charge is 1.00 e. The second-order valence-corrected chi connectivity index (χ2v) is 3.91. The van der Waals surface area contributed by atoms with Gasteiger partial charge in [0.1, 0.15) is 0 Å². The summed E-state index contributed by atoms with van der Waals surface area (Å²) in [4.78, 5) is 43.4. The van der Waals surface area contributed by atoms with Gasteiger partial charge in [-0.05, 0) is 0 Å². The summed E-state index contributed by atoms with van der Waals surface area (Å²) in [6, 6.07) is 0. The van der Waals surface area contributed by atoms with Gasteiger partial charge in [0.25, 0.3) is 0 Å². The molecule has 10 nitrogen and oxygen atoms in total. The van der Waals surface area contributed by atoms with E-state index >= 15 is 0 Å². The molecule has 0 saturated carbocycles. The normalized spacial score (nSPS) is 10.2. The molecule has 0 aliphatic rings. The number of aliphatic carboxylic acids is 4. The minimum absolute atomic E-state index is 0. The molecule has 0 unspecified atom stereocenters. The molecule has 0 radical (unpaired) electrons. The Balaban J connectivity index is 0. The van der Waals surface area contributed by atoms with Crippen LogP contribution in [-0.4, -0.2) is 72.9 Å². The molecule has 0 bridgehead atoms. The summed E-state index contributed by atoms with van der Waals surface area (Å²) in [6.45, 7) is -3.25. The Bertz CT molecular complexity index is 321. The standard InChI is InChI=1S/C10H16N2O8.K/c13-7(14)3-11(4-8(15)16)1-2-12(5-9(17)18)6-10(19)20;/h1-6H2,(H,13,14)(H,15,16)(H,17,18)(H,19,20);/q;+1/p-4. The van der Waals surface area contributed by atoms with Crippen molar-refractivity contribution in [1.29, 1.82) is 0 Å². The van der Waals surface area contributed by atoms with Crippen LogP contribution in [0.15, 0.2) is 0 Å². The van der Waals surface area contributed by atoms with Crippen molar-refractivity contribution in [3.05, 3.63) is 0 Å². The number of carbonyl (C=O) groups excluding carboxylic acids is 4. The minimum Gasteiger partial charge on any atom is -0.549 e. The van der Waals surface area contributed by atoms with Gasteiger partial charge in [-0.25, -0.2) is 0 Å². The van der Waals surface area contributed by atoms with Crippen molar-refractivity contribution in [2.45, 2.75) is 0 Å². The molecule has 0 amide bonds. The number of carboxylic acid groups (broad SMARTS) is 4. The van der Waals surface area contributed by atoms with E-state index in [0.717, 1.165) is 9.80 Å². The SMILES string of the molecule is O=C([O-])CN(CCN(CC(=O)[O-])CC(=O)[O-])CC(=O)[O-].[K+]. The Morgan fingerprint density at radius 1 is 0.571 bits per heavy atom. The number of hydrogen-bond donors (Lipinski definition) is 0. The topological polar surface area (TPSA) is 167 Å². The van der Waals surface area contributed by atoms with Crippen LogP contribution in [0.4, 0.5) is 0 Å². The molecule has 0 aliphatic heterocycles. The number of hydrogen-bond acceptors (Lipinski definition) is 10. The van der Waals surface area contributed by atoms with Crippen molar-refractivity contribution in [3.8, 4) is 0 Å². The number of carboxylic acids is 4. The van der Waals surface area contributed by atoms with Crippen molar-refractivity contribution in [2.75, 3.05) is 39.3 Å². The van der Waals surface area contributed by atoms with Crippen LogP contribution in [0.2, 0.25) is 0 Å². The van der Waals surface area contributed by atoms with Crippen molar-refractivity contribution in [1.82, 2.24) is 9.80 Å². The molecule has 0 N–H and O–H groups in total. The number of rotatable bonds is 11. The fourth-order valence-electron chi connectivity index (χ4n) is 1.44. The monoisotopic (exact) mass is 327 g/mol. The Morgan fingerprint density at radius 2 is 0.762 bits per heavy atom. The van der Waals surface area contributed by atoms with Crippen LogP contribution in [0.5, 0.6) is 0 Å². The average molecular weight is 327 g/mol. The van der Waals surface area contributed by atoms with E-state index in [1.54, 1.807) is 0 Å². The summed E-state index contributed by atoms with van der Waals surface area (Å²) in [7, 11) is 0. The molecular weight excluding hydrogens is 315 g/mol. The van der Waals surface area contributed by atoms with Crippen LogP contribution in [0, 0.1) is 0 Å². The van der Waals surface area contributed by atoms with E-state index in [1.165, 1.54) is 0 Å². The molecule has 0 spiro atoms. The second-order valence-electron chi connectivity index (χ2n) is 3.91. The smallest absolute Gasteiger partial charge is 0.549 e. The van der Waals surface area contributed by atoms with E-state index in [-0.39, 0.29) is 64.5 Å². The van der Waals surface area contributed by atoms with Crippen molar-refractivity contribution < 1.29 is 91.0 Å². The van der Waals surface area contributed by atoms with Gasteiger partial charge in [-0.2, -0.15) is 0 Å². The van der Waals surface area contributed by atoms with E-state index < -0.39 is 50.1 Å². The fourth-order valence-corrected chi connectivity index (χ4v) is 1.44. The summed E-state index contributed by atoms with van der Waals surface area (Å²) < 4.78 is 0. The number of nitrogens with zero attached hydrogens (tertiary/aromatic N) is 2. The quantitative estimate of drug-likeness (QED) is 0.332. The Morgan fingerprint density at radius 3 is 0.905 bits per heavy atom. The van der Waals surface area contributed by atoms with Crippen LogP contribution < -0.4 is 71.8 Å². The molecule has 0 fully saturated rings. The summed E-state index contributed by atoms with van der Waals surface area (Å²) in [5.74, 6) is -6.12. The van der Waals surface area contributed by atoms with Crippen molar-refractivity contribution in [3.63, 3.8) is 0 Å². The Kier molecular flexibility index (Phi) is 13.0. The maximum atomic E-state index is 10.4. The maximum absolute atomic E-state index is 10.4. The molecule has 114 valence electrons. The van der Waals surface area contributed by atoms with Gasteiger partial charge < -0.3 is 39.6 Å². The third-order valence-electron chi connectivity index (χ3n) is 2.14. The predicted molar refractivity (Wildman–Crippen MR) is 52.9 cm³/mol. The zero-order chi connectivity index (χ0) is 15.7. The third-order valence-corrected chi connectivity index (χ3v) is 2.14. The Hall–Kier alpha value is -0.564. The van der Waals surface area contributed by atoms with Gasteiger partial charge >= 0.3 is 51.4 Å². The zero-order valence-corrected chi connectivity index (χ0v) is 14.5. The van der Waals surface area contributed by atoms with E-state index in [4.69, 9.17) is 0 Å². The average Bonchev–Trinajstić information content (AvgIpc) is 2.22. The molecule has 0 aliphatic carbocycles. The van der Waals surface area contributed by atoms with Crippen LogP contribution in [0.25, 0.3) is 0 Å². The van der Waals surface area contributed by atoms with E-state index in [9.17, 15) is 39.6 Å². The zero-order valence-electron chi connectivity index (χ0n) is 11.4. The molecule has 0 aromatic rings. The van der Waals surface area contributed by atoms with Crippen molar-refractivity contribution >= 4 is 23.9 Å². The Labute approximate surface area is 162 Å². The maximum Gasteiger partial charge on any atom is 1.00 e. The molecule has 0 saturated heterocycles. The van der Waals surface area contributed by atoms with Gasteiger partial charge in [0.05, 0.1) is 23.9 Å². The van der Waals surface area contributed by atoms with Crippen LogP contribution in [0.1, 0.15) is 0 Å². The summed E-state index contributed by atoms with van der Waals surface area (Å²) in [5.41, 5.74) is 0. The van der Waals surface area contributed by atoms with Gasteiger partial charge in [0.15, 0.2) is 0 Å².